The molecule has 0 heterocycles. The highest BCUT2D eigenvalue weighted by Gasteiger charge is 2.41. The SMILES string of the molecule is CCCC1(CCc2cc(CO)c(O)c(CO)c2)c2ccccc2-c2ccc(C)cc21. The second kappa shape index (κ2) is 8.25. The Balaban J connectivity index is 1.79. The summed E-state index contributed by atoms with van der Waals surface area (Å²) in [7, 11) is 0. The second-order valence-electron chi connectivity index (χ2n) is 8.51. The van der Waals surface area contributed by atoms with Gasteiger partial charge >= 0.3 is 0 Å². The maximum absolute atomic E-state index is 10.2. The summed E-state index contributed by atoms with van der Waals surface area (Å²) in [5.74, 6) is -0.000737. The van der Waals surface area contributed by atoms with Crippen LogP contribution < -0.4 is 0 Å². The van der Waals surface area contributed by atoms with Gasteiger partial charge in [0, 0.05) is 16.5 Å². The monoisotopic (exact) mass is 402 g/mol. The van der Waals surface area contributed by atoms with Crippen molar-refractivity contribution in [1.29, 1.82) is 0 Å². The molecule has 4 rings (SSSR count). The Morgan fingerprint density at radius 3 is 2.13 bits per heavy atom. The van der Waals surface area contributed by atoms with Crippen molar-refractivity contribution in [3.8, 4) is 16.9 Å². The van der Waals surface area contributed by atoms with Crippen LogP contribution in [0.4, 0.5) is 0 Å². The van der Waals surface area contributed by atoms with E-state index in [1.165, 1.54) is 27.8 Å². The molecule has 3 heteroatoms. The summed E-state index contributed by atoms with van der Waals surface area (Å²) >= 11 is 0. The van der Waals surface area contributed by atoms with E-state index < -0.39 is 0 Å². The molecule has 1 unspecified atom stereocenters. The highest BCUT2D eigenvalue weighted by molar-refractivity contribution is 5.81. The maximum Gasteiger partial charge on any atom is 0.126 e. The van der Waals surface area contributed by atoms with Gasteiger partial charge in [0.1, 0.15) is 5.75 Å². The summed E-state index contributed by atoms with van der Waals surface area (Å²) in [5.41, 5.74) is 8.69. The number of hydrogen-bond acceptors (Lipinski definition) is 3. The molecule has 0 amide bonds. The van der Waals surface area contributed by atoms with Gasteiger partial charge in [0.15, 0.2) is 0 Å². The van der Waals surface area contributed by atoms with Crippen molar-refractivity contribution in [3.05, 3.63) is 88.0 Å². The van der Waals surface area contributed by atoms with Crippen molar-refractivity contribution >= 4 is 0 Å². The van der Waals surface area contributed by atoms with Gasteiger partial charge in [-0.15, -0.1) is 0 Å². The van der Waals surface area contributed by atoms with E-state index in [0.29, 0.717) is 11.1 Å². The van der Waals surface area contributed by atoms with Crippen LogP contribution in [0, 0.1) is 6.92 Å². The van der Waals surface area contributed by atoms with Crippen LogP contribution in [0.3, 0.4) is 0 Å². The molecule has 0 saturated carbocycles. The van der Waals surface area contributed by atoms with E-state index in [1.807, 2.05) is 12.1 Å². The van der Waals surface area contributed by atoms with Crippen LogP contribution in [0.5, 0.6) is 5.75 Å². The fourth-order valence-corrected chi connectivity index (χ4v) is 5.24. The third kappa shape index (κ3) is 3.32. The molecule has 1 aliphatic carbocycles. The van der Waals surface area contributed by atoms with Crippen LogP contribution in [0.1, 0.15) is 59.6 Å². The first-order chi connectivity index (χ1) is 14.5. The Kier molecular flexibility index (Phi) is 5.68. The minimum Gasteiger partial charge on any atom is -0.507 e. The van der Waals surface area contributed by atoms with Gasteiger partial charge in [-0.1, -0.05) is 61.4 Å². The molecule has 3 nitrogen and oxygen atoms in total. The second-order valence-corrected chi connectivity index (χ2v) is 8.51. The summed E-state index contributed by atoms with van der Waals surface area (Å²) in [5, 5.41) is 29.5. The summed E-state index contributed by atoms with van der Waals surface area (Å²) in [6.07, 6.45) is 3.90. The summed E-state index contributed by atoms with van der Waals surface area (Å²) in [6.45, 7) is 3.92. The van der Waals surface area contributed by atoms with Crippen molar-refractivity contribution < 1.29 is 15.3 Å². The lowest BCUT2D eigenvalue weighted by molar-refractivity contribution is 0.263. The highest BCUT2D eigenvalue weighted by atomic mass is 16.3. The highest BCUT2D eigenvalue weighted by Crippen LogP contribution is 2.53. The molecule has 0 spiro atoms. The first kappa shape index (κ1) is 20.6. The van der Waals surface area contributed by atoms with E-state index >= 15 is 0 Å². The summed E-state index contributed by atoms with van der Waals surface area (Å²) in [4.78, 5) is 0. The Morgan fingerprint density at radius 2 is 1.47 bits per heavy atom. The first-order valence-corrected chi connectivity index (χ1v) is 10.8. The molecule has 3 N–H and O–H groups in total. The fraction of sp³-hybridized carbons (Fsp3) is 0.333. The Labute approximate surface area is 178 Å². The molecule has 0 saturated heterocycles. The molecule has 3 aromatic carbocycles. The van der Waals surface area contributed by atoms with Gasteiger partial charge in [-0.25, -0.2) is 0 Å². The smallest absolute Gasteiger partial charge is 0.126 e. The van der Waals surface area contributed by atoms with E-state index in [4.69, 9.17) is 0 Å². The van der Waals surface area contributed by atoms with Gasteiger partial charge in [0.05, 0.1) is 13.2 Å². The van der Waals surface area contributed by atoms with E-state index in [1.54, 1.807) is 0 Å². The number of aliphatic hydroxyl groups is 2. The first-order valence-electron chi connectivity index (χ1n) is 10.8. The number of aryl methyl sites for hydroxylation is 2. The number of aliphatic hydroxyl groups excluding tert-OH is 2. The Hall–Kier alpha value is -2.62. The zero-order chi connectivity index (χ0) is 21.3. The Morgan fingerprint density at radius 1 is 0.800 bits per heavy atom. The predicted octanol–water partition coefficient (Wildman–Crippen LogP) is 5.38. The Bertz CT molecular complexity index is 1040. The molecular formula is C27H30O3. The van der Waals surface area contributed by atoms with Gasteiger partial charge in [0.2, 0.25) is 0 Å². The zero-order valence-electron chi connectivity index (χ0n) is 17.8. The quantitative estimate of drug-likeness (QED) is 0.497. The lowest BCUT2D eigenvalue weighted by Crippen LogP contribution is -2.26. The van der Waals surface area contributed by atoms with E-state index in [0.717, 1.165) is 31.2 Å². The van der Waals surface area contributed by atoms with Crippen LogP contribution in [-0.4, -0.2) is 15.3 Å². The van der Waals surface area contributed by atoms with Crippen molar-refractivity contribution in [1.82, 2.24) is 0 Å². The molecule has 0 fully saturated rings. The summed E-state index contributed by atoms with van der Waals surface area (Å²) in [6, 6.07) is 19.3. The fourth-order valence-electron chi connectivity index (χ4n) is 5.24. The van der Waals surface area contributed by atoms with E-state index in [2.05, 4.69) is 56.3 Å². The maximum atomic E-state index is 10.2. The van der Waals surface area contributed by atoms with Crippen LogP contribution in [-0.2, 0) is 25.0 Å². The molecule has 30 heavy (non-hydrogen) atoms. The molecule has 156 valence electrons. The molecule has 0 aliphatic heterocycles. The van der Waals surface area contributed by atoms with Gasteiger partial charge in [-0.2, -0.15) is 0 Å². The number of aromatic hydroxyl groups is 1. The van der Waals surface area contributed by atoms with Crippen molar-refractivity contribution in [2.24, 2.45) is 0 Å². The topological polar surface area (TPSA) is 60.7 Å². The molecule has 1 atom stereocenters. The zero-order valence-corrected chi connectivity index (χ0v) is 17.8. The van der Waals surface area contributed by atoms with Crippen LogP contribution in [0.2, 0.25) is 0 Å². The van der Waals surface area contributed by atoms with Crippen molar-refractivity contribution in [3.63, 3.8) is 0 Å². The van der Waals surface area contributed by atoms with Gasteiger partial charge in [-0.3, -0.25) is 0 Å². The molecule has 3 aromatic rings. The molecule has 1 aliphatic rings. The molecule has 0 aromatic heterocycles. The third-order valence-electron chi connectivity index (χ3n) is 6.61. The minimum absolute atomic E-state index is 0.000737. The number of hydrogen-bond donors (Lipinski definition) is 3. The van der Waals surface area contributed by atoms with E-state index in [-0.39, 0.29) is 24.4 Å². The molecule has 0 radical (unpaired) electrons. The largest absolute Gasteiger partial charge is 0.507 e. The summed E-state index contributed by atoms with van der Waals surface area (Å²) < 4.78 is 0. The number of fused-ring (bicyclic) bond motifs is 3. The lowest BCUT2D eigenvalue weighted by atomic mass is 9.70. The predicted molar refractivity (Wildman–Crippen MR) is 121 cm³/mol. The van der Waals surface area contributed by atoms with Crippen LogP contribution in [0.15, 0.2) is 54.6 Å². The average Bonchev–Trinajstić information content (AvgIpc) is 3.03. The average molecular weight is 403 g/mol. The lowest BCUT2D eigenvalue weighted by Gasteiger charge is -2.32. The third-order valence-corrected chi connectivity index (χ3v) is 6.61. The van der Waals surface area contributed by atoms with Gasteiger partial charge < -0.3 is 15.3 Å². The van der Waals surface area contributed by atoms with Crippen LogP contribution >= 0.6 is 0 Å². The van der Waals surface area contributed by atoms with Crippen molar-refractivity contribution in [2.75, 3.05) is 0 Å². The minimum atomic E-state index is -0.238. The number of benzene rings is 3. The van der Waals surface area contributed by atoms with Gasteiger partial charge in [0.25, 0.3) is 0 Å². The standard InChI is InChI=1S/C27H30O3/c1-3-11-27(12-10-19-14-20(16-28)26(30)21(15-19)17-29)24-7-5-4-6-22(24)23-9-8-18(2)13-25(23)27/h4-9,13-15,28-30H,3,10-12,16-17H2,1-2H3. The molecular weight excluding hydrogens is 372 g/mol. The number of rotatable bonds is 7. The molecule has 0 bridgehead atoms. The number of phenols is 1. The van der Waals surface area contributed by atoms with Gasteiger partial charge in [-0.05, 0) is 66.1 Å². The van der Waals surface area contributed by atoms with Crippen LogP contribution in [0.25, 0.3) is 11.1 Å². The normalized spacial score (nSPS) is 17.1. The van der Waals surface area contributed by atoms with E-state index in [9.17, 15) is 15.3 Å². The van der Waals surface area contributed by atoms with Crippen molar-refractivity contribution in [2.45, 2.75) is 58.2 Å².